The molecule has 1 aromatic carbocycles. The van der Waals surface area contributed by atoms with Gasteiger partial charge in [0.15, 0.2) is 0 Å². The number of rotatable bonds is 5. The highest BCUT2D eigenvalue weighted by Crippen LogP contribution is 2.26. The molecule has 0 radical (unpaired) electrons. The summed E-state index contributed by atoms with van der Waals surface area (Å²) in [7, 11) is 0. The number of fused-ring (bicyclic) bond motifs is 1. The van der Waals surface area contributed by atoms with Crippen LogP contribution < -0.4 is 5.32 Å². The van der Waals surface area contributed by atoms with Gasteiger partial charge in [0.05, 0.1) is 12.1 Å². The predicted molar refractivity (Wildman–Crippen MR) is 64.6 cm³/mol. The summed E-state index contributed by atoms with van der Waals surface area (Å²) in [6, 6.07) is 8.15. The van der Waals surface area contributed by atoms with Gasteiger partial charge in [-0.15, -0.1) is 0 Å². The average Bonchev–Trinajstić information content (AvgIpc) is 2.68. The van der Waals surface area contributed by atoms with E-state index in [0.717, 1.165) is 30.3 Å². The zero-order valence-corrected chi connectivity index (χ0v) is 9.51. The maximum atomic E-state index is 5.27. The van der Waals surface area contributed by atoms with Crippen molar-refractivity contribution < 1.29 is 4.74 Å². The molecule has 0 bridgehead atoms. The molecule has 2 aromatic rings. The molecule has 0 fully saturated rings. The van der Waals surface area contributed by atoms with Crippen LogP contribution in [0.3, 0.4) is 0 Å². The van der Waals surface area contributed by atoms with Crippen LogP contribution in [0.15, 0.2) is 24.3 Å². The average molecular weight is 222 g/mol. The van der Waals surface area contributed by atoms with Gasteiger partial charge in [0.2, 0.25) is 0 Å². The molecular formula is C11H14N2OS. The summed E-state index contributed by atoms with van der Waals surface area (Å²) in [5.74, 6) is 0. The first-order valence-electron chi connectivity index (χ1n) is 5.08. The minimum absolute atomic E-state index is 0.739. The van der Waals surface area contributed by atoms with Crippen LogP contribution in [-0.2, 0) is 4.74 Å². The molecule has 0 aliphatic rings. The largest absolute Gasteiger partial charge is 0.380 e. The van der Waals surface area contributed by atoms with Crippen molar-refractivity contribution in [1.82, 2.24) is 4.37 Å². The van der Waals surface area contributed by atoms with Crippen LogP contribution in [0, 0.1) is 0 Å². The first-order chi connectivity index (χ1) is 7.42. The van der Waals surface area contributed by atoms with Crippen molar-refractivity contribution in [2.24, 2.45) is 0 Å². The molecule has 0 saturated heterocycles. The lowest BCUT2D eigenvalue weighted by molar-refractivity contribution is 0.158. The molecule has 1 aromatic heterocycles. The van der Waals surface area contributed by atoms with Crippen molar-refractivity contribution in [3.05, 3.63) is 24.3 Å². The van der Waals surface area contributed by atoms with Crippen LogP contribution in [0.2, 0.25) is 0 Å². The van der Waals surface area contributed by atoms with E-state index >= 15 is 0 Å². The third-order valence-electron chi connectivity index (χ3n) is 2.12. The maximum Gasteiger partial charge on any atom is 0.117 e. The van der Waals surface area contributed by atoms with Crippen LogP contribution in [-0.4, -0.2) is 24.1 Å². The standard InChI is InChI=1S/C11H14N2OS/c1-2-14-8-7-12-11-9-5-3-4-6-10(9)13-15-11/h3-6,12H,2,7-8H2,1H3. The van der Waals surface area contributed by atoms with Gasteiger partial charge in [0.25, 0.3) is 0 Å². The second kappa shape index (κ2) is 5.09. The summed E-state index contributed by atoms with van der Waals surface area (Å²) in [5.41, 5.74) is 1.06. The molecular weight excluding hydrogens is 208 g/mol. The number of hydrogen-bond donors (Lipinski definition) is 1. The van der Waals surface area contributed by atoms with Gasteiger partial charge >= 0.3 is 0 Å². The molecule has 1 heterocycles. The SMILES string of the molecule is CCOCCNc1snc2ccccc12. The van der Waals surface area contributed by atoms with Crippen molar-refractivity contribution in [3.63, 3.8) is 0 Å². The Hall–Kier alpha value is -1.13. The Labute approximate surface area is 93.2 Å². The van der Waals surface area contributed by atoms with E-state index in [9.17, 15) is 0 Å². The molecule has 0 aliphatic heterocycles. The van der Waals surface area contributed by atoms with Crippen molar-refractivity contribution in [3.8, 4) is 0 Å². The Balaban J connectivity index is 2.02. The second-order valence-corrected chi connectivity index (χ2v) is 3.93. The van der Waals surface area contributed by atoms with Crippen molar-refractivity contribution >= 4 is 27.4 Å². The molecule has 3 nitrogen and oxygen atoms in total. The predicted octanol–water partition coefficient (Wildman–Crippen LogP) is 2.74. The minimum atomic E-state index is 0.739. The van der Waals surface area contributed by atoms with Crippen molar-refractivity contribution in [1.29, 1.82) is 0 Å². The Kier molecular flexibility index (Phi) is 3.53. The third kappa shape index (κ3) is 2.46. The van der Waals surface area contributed by atoms with E-state index in [4.69, 9.17) is 4.74 Å². The lowest BCUT2D eigenvalue weighted by Gasteiger charge is -2.03. The van der Waals surface area contributed by atoms with Crippen LogP contribution in [0.25, 0.3) is 10.9 Å². The van der Waals surface area contributed by atoms with Gasteiger partial charge in [-0.3, -0.25) is 0 Å². The van der Waals surface area contributed by atoms with Gasteiger partial charge in [0.1, 0.15) is 5.00 Å². The van der Waals surface area contributed by atoms with Crippen LogP contribution in [0.5, 0.6) is 0 Å². The molecule has 0 spiro atoms. The Morgan fingerprint density at radius 1 is 1.40 bits per heavy atom. The zero-order chi connectivity index (χ0) is 10.5. The third-order valence-corrected chi connectivity index (χ3v) is 2.95. The number of ether oxygens (including phenoxy) is 1. The van der Waals surface area contributed by atoms with E-state index < -0.39 is 0 Å². The molecule has 0 atom stereocenters. The topological polar surface area (TPSA) is 34.1 Å². The Morgan fingerprint density at radius 2 is 2.27 bits per heavy atom. The maximum absolute atomic E-state index is 5.27. The Morgan fingerprint density at radius 3 is 3.13 bits per heavy atom. The summed E-state index contributed by atoms with van der Waals surface area (Å²) < 4.78 is 9.62. The van der Waals surface area contributed by atoms with Gasteiger partial charge in [0, 0.05) is 18.5 Å². The zero-order valence-electron chi connectivity index (χ0n) is 8.69. The summed E-state index contributed by atoms with van der Waals surface area (Å²) in [4.78, 5) is 0. The fraction of sp³-hybridized carbons (Fsp3) is 0.364. The van der Waals surface area contributed by atoms with E-state index in [1.165, 1.54) is 16.9 Å². The van der Waals surface area contributed by atoms with Gasteiger partial charge in [-0.1, -0.05) is 12.1 Å². The number of benzene rings is 1. The van der Waals surface area contributed by atoms with Gasteiger partial charge in [-0.25, -0.2) is 0 Å². The normalized spacial score (nSPS) is 10.7. The lowest BCUT2D eigenvalue weighted by atomic mass is 10.2. The summed E-state index contributed by atoms with van der Waals surface area (Å²) in [5, 5.41) is 5.66. The van der Waals surface area contributed by atoms with E-state index in [-0.39, 0.29) is 0 Å². The first kappa shape index (κ1) is 10.4. The molecule has 0 saturated carbocycles. The summed E-state index contributed by atoms with van der Waals surface area (Å²) >= 11 is 1.50. The molecule has 80 valence electrons. The molecule has 0 aliphatic carbocycles. The second-order valence-electron chi connectivity index (χ2n) is 3.15. The molecule has 0 unspecified atom stereocenters. The van der Waals surface area contributed by atoms with E-state index in [2.05, 4.69) is 15.8 Å². The van der Waals surface area contributed by atoms with Gasteiger partial charge < -0.3 is 10.1 Å². The summed E-state index contributed by atoms with van der Waals surface area (Å²) in [6.45, 7) is 4.34. The molecule has 4 heteroatoms. The lowest BCUT2D eigenvalue weighted by Crippen LogP contribution is -2.08. The minimum Gasteiger partial charge on any atom is -0.380 e. The number of anilines is 1. The number of nitrogens with zero attached hydrogens (tertiary/aromatic N) is 1. The quantitative estimate of drug-likeness (QED) is 0.790. The number of nitrogens with one attached hydrogen (secondary N) is 1. The van der Waals surface area contributed by atoms with E-state index in [1.54, 1.807) is 0 Å². The highest BCUT2D eigenvalue weighted by Gasteiger charge is 2.03. The van der Waals surface area contributed by atoms with Crippen LogP contribution in [0.4, 0.5) is 5.00 Å². The highest BCUT2D eigenvalue weighted by molar-refractivity contribution is 7.11. The first-order valence-corrected chi connectivity index (χ1v) is 5.85. The van der Waals surface area contributed by atoms with Crippen LogP contribution in [0.1, 0.15) is 6.92 Å². The molecule has 15 heavy (non-hydrogen) atoms. The molecule has 0 amide bonds. The van der Waals surface area contributed by atoms with Crippen molar-refractivity contribution in [2.75, 3.05) is 25.1 Å². The van der Waals surface area contributed by atoms with Gasteiger partial charge in [-0.05, 0) is 30.6 Å². The summed E-state index contributed by atoms with van der Waals surface area (Å²) in [6.07, 6.45) is 0. The number of aromatic nitrogens is 1. The smallest absolute Gasteiger partial charge is 0.117 e. The fourth-order valence-electron chi connectivity index (χ4n) is 1.40. The molecule has 1 N–H and O–H groups in total. The van der Waals surface area contributed by atoms with E-state index in [1.807, 2.05) is 25.1 Å². The van der Waals surface area contributed by atoms with E-state index in [0.29, 0.717) is 0 Å². The van der Waals surface area contributed by atoms with Gasteiger partial charge in [-0.2, -0.15) is 4.37 Å². The number of hydrogen-bond acceptors (Lipinski definition) is 4. The highest BCUT2D eigenvalue weighted by atomic mass is 32.1. The van der Waals surface area contributed by atoms with Crippen LogP contribution >= 0.6 is 11.5 Å². The fourth-order valence-corrected chi connectivity index (χ4v) is 2.18. The molecule has 2 rings (SSSR count). The monoisotopic (exact) mass is 222 g/mol. The van der Waals surface area contributed by atoms with Crippen molar-refractivity contribution in [2.45, 2.75) is 6.92 Å². The Bertz CT molecular complexity index is 427.